The number of aryl methyl sites for hydroxylation is 1. The summed E-state index contributed by atoms with van der Waals surface area (Å²) in [6.45, 7) is 2.21. The minimum absolute atomic E-state index is 0.138. The first-order chi connectivity index (χ1) is 18.0. The molecule has 38 heavy (non-hydrogen) atoms. The van der Waals surface area contributed by atoms with Crippen LogP contribution < -0.4 is 4.72 Å². The Labute approximate surface area is 223 Å². The Morgan fingerprint density at radius 3 is 2.58 bits per heavy atom. The molecule has 5 aromatic rings. The maximum absolute atomic E-state index is 13.0. The van der Waals surface area contributed by atoms with E-state index >= 15 is 0 Å². The third-order valence-corrected chi connectivity index (χ3v) is 7.85. The summed E-state index contributed by atoms with van der Waals surface area (Å²) in [5.74, 6) is 0.995. The van der Waals surface area contributed by atoms with Crippen molar-refractivity contribution < 1.29 is 31.1 Å². The van der Waals surface area contributed by atoms with Crippen molar-refractivity contribution in [2.75, 3.05) is 4.72 Å². The molecule has 8 nitrogen and oxygen atoms in total. The van der Waals surface area contributed by atoms with Crippen molar-refractivity contribution in [3.8, 4) is 11.3 Å². The van der Waals surface area contributed by atoms with Gasteiger partial charge in [0.25, 0.3) is 0 Å². The lowest BCUT2D eigenvalue weighted by Crippen LogP contribution is -2.30. The Balaban J connectivity index is 1.56. The molecule has 0 unspecified atom stereocenters. The number of aromatic nitrogens is 3. The molecule has 2 N–H and O–H groups in total. The maximum Gasteiger partial charge on any atom is 0.516 e. The number of rotatable bonds is 7. The summed E-state index contributed by atoms with van der Waals surface area (Å²) >= 11 is 3.49. The molecule has 13 heteroatoms. The van der Waals surface area contributed by atoms with Gasteiger partial charge in [0.2, 0.25) is 0 Å². The molecule has 5 rings (SSSR count). The van der Waals surface area contributed by atoms with Crippen LogP contribution in [0.5, 0.6) is 0 Å². The lowest BCUT2D eigenvalue weighted by Gasteiger charge is -2.13. The second-order valence-electron chi connectivity index (χ2n) is 8.44. The fraction of sp³-hybridized carbons (Fsp3) is 0.200. The van der Waals surface area contributed by atoms with Gasteiger partial charge in [0.15, 0.2) is 11.4 Å². The Hall–Kier alpha value is -3.42. The lowest BCUT2D eigenvalue weighted by molar-refractivity contribution is -0.0429. The molecular weight excluding hydrogens is 589 g/mol. The number of nitrogens with one attached hydrogen (secondary N) is 1. The molecule has 0 aliphatic carbocycles. The number of furan rings is 1. The van der Waals surface area contributed by atoms with Crippen molar-refractivity contribution in [3.05, 3.63) is 76.2 Å². The van der Waals surface area contributed by atoms with Crippen molar-refractivity contribution in [1.82, 2.24) is 14.5 Å². The standard InChI is InChI=1S/C25H20BrF3N4O4S/c1-2-21-31-19-9-8-15(13-34)30-24(19)33(21)12-14-7-10-20-17(11-14)22(26)23(37-20)16-5-3-4-6-18(16)32-38(35,36)25(27,28)29/h3-11,32,34H,2,12-13H2,1H3. The lowest BCUT2D eigenvalue weighted by atomic mass is 10.1. The van der Waals surface area contributed by atoms with Crippen LogP contribution in [0.1, 0.15) is 24.0 Å². The average molecular weight is 609 g/mol. The normalized spacial score (nSPS) is 12.5. The van der Waals surface area contributed by atoms with Crippen molar-refractivity contribution in [2.45, 2.75) is 32.0 Å². The number of fused-ring (bicyclic) bond motifs is 2. The van der Waals surface area contributed by atoms with E-state index in [9.17, 15) is 26.7 Å². The number of alkyl halides is 3. The Morgan fingerprint density at radius 1 is 1.11 bits per heavy atom. The first-order valence-electron chi connectivity index (χ1n) is 11.4. The van der Waals surface area contributed by atoms with Crippen molar-refractivity contribution >= 4 is 53.8 Å². The molecule has 0 aliphatic rings. The summed E-state index contributed by atoms with van der Waals surface area (Å²) in [6, 6.07) is 14.7. The number of pyridine rings is 1. The van der Waals surface area contributed by atoms with Gasteiger partial charge in [-0.25, -0.2) is 9.97 Å². The van der Waals surface area contributed by atoms with Crippen LogP contribution in [-0.2, 0) is 29.6 Å². The van der Waals surface area contributed by atoms with E-state index in [1.54, 1.807) is 22.9 Å². The summed E-state index contributed by atoms with van der Waals surface area (Å²) in [4.78, 5) is 9.16. The van der Waals surface area contributed by atoms with Crippen LogP contribution >= 0.6 is 15.9 Å². The van der Waals surface area contributed by atoms with E-state index in [0.717, 1.165) is 11.4 Å². The molecule has 0 bridgehead atoms. The molecular formula is C25H20BrF3N4O4S. The van der Waals surface area contributed by atoms with Gasteiger partial charge in [-0.3, -0.25) is 4.72 Å². The van der Waals surface area contributed by atoms with Gasteiger partial charge in [-0.2, -0.15) is 21.6 Å². The second-order valence-corrected chi connectivity index (χ2v) is 10.9. The topological polar surface area (TPSA) is 110 Å². The number of halogens is 4. The van der Waals surface area contributed by atoms with Crippen LogP contribution in [0.15, 0.2) is 63.5 Å². The van der Waals surface area contributed by atoms with Crippen molar-refractivity contribution in [3.63, 3.8) is 0 Å². The fourth-order valence-electron chi connectivity index (χ4n) is 4.15. The third-order valence-electron chi connectivity index (χ3n) is 5.96. The first-order valence-corrected chi connectivity index (χ1v) is 13.6. The van der Waals surface area contributed by atoms with Crippen molar-refractivity contribution in [2.24, 2.45) is 0 Å². The summed E-state index contributed by atoms with van der Waals surface area (Å²) in [5, 5.41) is 10.2. The molecule has 0 atom stereocenters. The molecule has 0 fully saturated rings. The summed E-state index contributed by atoms with van der Waals surface area (Å²) in [5.41, 5.74) is -2.39. The van der Waals surface area contributed by atoms with Gasteiger partial charge in [-0.05, 0) is 57.9 Å². The zero-order valence-corrected chi connectivity index (χ0v) is 22.2. The van der Waals surface area contributed by atoms with E-state index in [2.05, 4.69) is 25.9 Å². The van der Waals surface area contributed by atoms with E-state index in [1.165, 1.54) is 18.2 Å². The largest absolute Gasteiger partial charge is 0.516 e. The highest BCUT2D eigenvalue weighted by Gasteiger charge is 2.46. The molecule has 3 heterocycles. The number of nitrogens with zero attached hydrogens (tertiary/aromatic N) is 3. The summed E-state index contributed by atoms with van der Waals surface area (Å²) in [7, 11) is -5.63. The van der Waals surface area contributed by atoms with Crippen LogP contribution in [0.25, 0.3) is 33.5 Å². The number of hydrogen-bond acceptors (Lipinski definition) is 6. The first kappa shape index (κ1) is 26.2. The zero-order chi connectivity index (χ0) is 27.2. The van der Waals surface area contributed by atoms with Crippen LogP contribution in [0.4, 0.5) is 18.9 Å². The molecule has 3 aromatic heterocycles. The molecule has 198 valence electrons. The Morgan fingerprint density at radius 2 is 1.87 bits per heavy atom. The van der Waals surface area contributed by atoms with E-state index in [0.29, 0.717) is 45.3 Å². The predicted molar refractivity (Wildman–Crippen MR) is 140 cm³/mol. The minimum atomic E-state index is -5.63. The summed E-state index contributed by atoms with van der Waals surface area (Å²) in [6.07, 6.45) is 0.664. The predicted octanol–water partition coefficient (Wildman–Crippen LogP) is 5.97. The molecule has 0 spiro atoms. The van der Waals surface area contributed by atoms with E-state index in [1.807, 2.05) is 29.7 Å². The zero-order valence-electron chi connectivity index (χ0n) is 19.8. The quantitative estimate of drug-likeness (QED) is 0.235. The highest BCUT2D eigenvalue weighted by molar-refractivity contribution is 9.10. The van der Waals surface area contributed by atoms with E-state index < -0.39 is 15.5 Å². The van der Waals surface area contributed by atoms with Crippen LogP contribution in [0.3, 0.4) is 0 Å². The molecule has 0 saturated heterocycles. The molecule has 0 saturated carbocycles. The van der Waals surface area contributed by atoms with Gasteiger partial charge in [0, 0.05) is 17.4 Å². The van der Waals surface area contributed by atoms with E-state index in [-0.39, 0.29) is 23.6 Å². The average Bonchev–Trinajstić information content (AvgIpc) is 3.40. The SMILES string of the molecule is CCc1nc2ccc(CO)nc2n1Cc1ccc2oc(-c3ccccc3NS(=O)(=O)C(F)(F)F)c(Br)c2c1. The van der Waals surface area contributed by atoms with Gasteiger partial charge in [-0.15, -0.1) is 0 Å². The number of imidazole rings is 1. The van der Waals surface area contributed by atoms with Gasteiger partial charge in [-0.1, -0.05) is 25.1 Å². The van der Waals surface area contributed by atoms with Gasteiger partial charge >= 0.3 is 15.5 Å². The highest BCUT2D eigenvalue weighted by Crippen LogP contribution is 2.42. The third kappa shape index (κ3) is 4.65. The number of anilines is 1. The minimum Gasteiger partial charge on any atom is -0.455 e. The monoisotopic (exact) mass is 608 g/mol. The number of benzene rings is 2. The maximum atomic E-state index is 13.0. The second kappa shape index (κ2) is 9.71. The number of aliphatic hydroxyl groups excluding tert-OH is 1. The van der Waals surface area contributed by atoms with Crippen LogP contribution in [-0.4, -0.2) is 33.6 Å². The molecule has 0 amide bonds. The molecule has 0 radical (unpaired) electrons. The Bertz CT molecular complexity index is 1780. The van der Waals surface area contributed by atoms with Gasteiger partial charge in [0.1, 0.15) is 16.9 Å². The number of sulfonamides is 1. The van der Waals surface area contributed by atoms with Crippen molar-refractivity contribution in [1.29, 1.82) is 0 Å². The number of aliphatic hydroxyl groups is 1. The van der Waals surface area contributed by atoms with Crippen LogP contribution in [0.2, 0.25) is 0 Å². The van der Waals surface area contributed by atoms with Gasteiger partial charge in [0.05, 0.1) is 29.0 Å². The number of para-hydroxylation sites is 1. The van der Waals surface area contributed by atoms with Gasteiger partial charge < -0.3 is 14.1 Å². The fourth-order valence-corrected chi connectivity index (χ4v) is 5.34. The molecule has 2 aromatic carbocycles. The molecule has 0 aliphatic heterocycles. The smallest absolute Gasteiger partial charge is 0.455 e. The highest BCUT2D eigenvalue weighted by atomic mass is 79.9. The van der Waals surface area contributed by atoms with Crippen LogP contribution in [0, 0.1) is 0 Å². The summed E-state index contributed by atoms with van der Waals surface area (Å²) < 4.78 is 72.4. The Kier molecular flexibility index (Phi) is 6.70. The van der Waals surface area contributed by atoms with E-state index in [4.69, 9.17) is 4.42 Å². The number of hydrogen-bond donors (Lipinski definition) is 2.